The second kappa shape index (κ2) is 7.89. The number of amides is 1. The number of para-hydroxylation sites is 1. The van der Waals surface area contributed by atoms with Crippen LogP contribution in [0.15, 0.2) is 48.7 Å². The zero-order chi connectivity index (χ0) is 20.3. The maximum absolute atomic E-state index is 12.6. The van der Waals surface area contributed by atoms with Crippen molar-refractivity contribution < 1.29 is 22.7 Å². The SMILES string of the molecule is Cc1nn(-c2ccccc2)c(Cl)c1C(=O)Nc1ccc(OCC(F)(F)F)nc1. The first-order chi connectivity index (χ1) is 13.2. The van der Waals surface area contributed by atoms with Gasteiger partial charge in [0.25, 0.3) is 5.91 Å². The van der Waals surface area contributed by atoms with Crippen LogP contribution in [-0.4, -0.2) is 33.5 Å². The van der Waals surface area contributed by atoms with Gasteiger partial charge in [-0.15, -0.1) is 0 Å². The summed E-state index contributed by atoms with van der Waals surface area (Å²) in [7, 11) is 0. The second-order valence-electron chi connectivity index (χ2n) is 5.74. The molecule has 1 N–H and O–H groups in total. The van der Waals surface area contributed by atoms with E-state index in [-0.39, 0.29) is 22.3 Å². The highest BCUT2D eigenvalue weighted by molar-refractivity contribution is 6.34. The largest absolute Gasteiger partial charge is 0.468 e. The van der Waals surface area contributed by atoms with Crippen molar-refractivity contribution in [3.05, 3.63) is 65.1 Å². The summed E-state index contributed by atoms with van der Waals surface area (Å²) >= 11 is 6.33. The van der Waals surface area contributed by atoms with Crippen LogP contribution in [0.3, 0.4) is 0 Å². The number of carbonyl (C=O) groups is 1. The predicted molar refractivity (Wildman–Crippen MR) is 97.1 cm³/mol. The molecule has 146 valence electrons. The topological polar surface area (TPSA) is 69.0 Å². The average Bonchev–Trinajstić information content (AvgIpc) is 2.95. The molecule has 3 aromatic rings. The van der Waals surface area contributed by atoms with Gasteiger partial charge in [-0.2, -0.15) is 18.3 Å². The minimum atomic E-state index is -4.46. The fourth-order valence-electron chi connectivity index (χ4n) is 2.39. The Morgan fingerprint density at radius 1 is 1.21 bits per heavy atom. The van der Waals surface area contributed by atoms with Crippen molar-refractivity contribution in [2.45, 2.75) is 13.1 Å². The van der Waals surface area contributed by atoms with Gasteiger partial charge in [0.2, 0.25) is 5.88 Å². The van der Waals surface area contributed by atoms with E-state index in [0.29, 0.717) is 11.4 Å². The Kier molecular flexibility index (Phi) is 5.55. The Bertz CT molecular complexity index is 973. The molecule has 0 spiro atoms. The number of ether oxygens (including phenoxy) is 1. The van der Waals surface area contributed by atoms with Crippen molar-refractivity contribution >= 4 is 23.2 Å². The third kappa shape index (κ3) is 4.61. The second-order valence-corrected chi connectivity index (χ2v) is 6.10. The summed E-state index contributed by atoms with van der Waals surface area (Å²) in [4.78, 5) is 16.3. The van der Waals surface area contributed by atoms with Crippen LogP contribution in [-0.2, 0) is 0 Å². The van der Waals surface area contributed by atoms with Gasteiger partial charge in [0.05, 0.1) is 23.3 Å². The van der Waals surface area contributed by atoms with Gasteiger partial charge in [0, 0.05) is 6.07 Å². The molecule has 0 saturated carbocycles. The van der Waals surface area contributed by atoms with E-state index in [1.165, 1.54) is 23.0 Å². The average molecular weight is 411 g/mol. The number of anilines is 1. The number of hydrogen-bond donors (Lipinski definition) is 1. The van der Waals surface area contributed by atoms with Crippen LogP contribution < -0.4 is 10.1 Å². The molecule has 2 heterocycles. The van der Waals surface area contributed by atoms with Gasteiger partial charge in [0.15, 0.2) is 6.61 Å². The molecule has 2 aromatic heterocycles. The fraction of sp³-hybridized carbons (Fsp3) is 0.167. The summed E-state index contributed by atoms with van der Waals surface area (Å²) in [6.45, 7) is 0.200. The Balaban J connectivity index is 1.74. The van der Waals surface area contributed by atoms with E-state index in [1.807, 2.05) is 18.2 Å². The monoisotopic (exact) mass is 410 g/mol. The van der Waals surface area contributed by atoms with Gasteiger partial charge in [-0.1, -0.05) is 29.8 Å². The molecule has 6 nitrogen and oxygen atoms in total. The van der Waals surface area contributed by atoms with Gasteiger partial charge in [-0.3, -0.25) is 4.79 Å². The minimum Gasteiger partial charge on any atom is -0.468 e. The van der Waals surface area contributed by atoms with Crippen molar-refractivity contribution in [3.63, 3.8) is 0 Å². The van der Waals surface area contributed by atoms with E-state index < -0.39 is 18.7 Å². The third-order valence-electron chi connectivity index (χ3n) is 3.61. The van der Waals surface area contributed by atoms with Crippen molar-refractivity contribution in [2.24, 2.45) is 0 Å². The van der Waals surface area contributed by atoms with E-state index in [1.54, 1.807) is 19.1 Å². The molecule has 0 unspecified atom stereocenters. The number of alkyl halides is 3. The molecule has 0 atom stereocenters. The Labute approximate surface area is 162 Å². The predicted octanol–water partition coefficient (Wildman–Crippen LogP) is 4.42. The minimum absolute atomic E-state index is 0.138. The van der Waals surface area contributed by atoms with Crippen LogP contribution in [0.25, 0.3) is 5.69 Å². The molecule has 3 rings (SSSR count). The van der Waals surface area contributed by atoms with E-state index in [2.05, 4.69) is 20.1 Å². The number of hydrogen-bond acceptors (Lipinski definition) is 4. The lowest BCUT2D eigenvalue weighted by molar-refractivity contribution is -0.154. The normalized spacial score (nSPS) is 11.3. The molecular weight excluding hydrogens is 397 g/mol. The molecule has 0 aliphatic heterocycles. The molecule has 1 amide bonds. The maximum atomic E-state index is 12.6. The number of nitrogens with one attached hydrogen (secondary N) is 1. The van der Waals surface area contributed by atoms with Crippen LogP contribution >= 0.6 is 11.6 Å². The van der Waals surface area contributed by atoms with Crippen molar-refractivity contribution in [3.8, 4) is 11.6 Å². The molecule has 0 fully saturated rings. The number of aryl methyl sites for hydroxylation is 1. The standard InChI is InChI=1S/C18H14ClF3N4O2/c1-11-15(16(19)26(25-11)13-5-3-2-4-6-13)17(27)24-12-7-8-14(23-9-12)28-10-18(20,21)22/h2-9H,10H2,1H3,(H,24,27). The molecule has 0 aliphatic carbocycles. The lowest BCUT2D eigenvalue weighted by Crippen LogP contribution is -2.19. The summed E-state index contributed by atoms with van der Waals surface area (Å²) in [5, 5.41) is 7.01. The highest BCUT2D eigenvalue weighted by atomic mass is 35.5. The first-order valence-electron chi connectivity index (χ1n) is 8.02. The van der Waals surface area contributed by atoms with Crippen LogP contribution in [0, 0.1) is 6.92 Å². The highest BCUT2D eigenvalue weighted by Gasteiger charge is 2.28. The molecule has 10 heteroatoms. The Morgan fingerprint density at radius 2 is 1.93 bits per heavy atom. The van der Waals surface area contributed by atoms with Crippen molar-refractivity contribution in [1.82, 2.24) is 14.8 Å². The van der Waals surface area contributed by atoms with Gasteiger partial charge in [-0.05, 0) is 25.1 Å². The van der Waals surface area contributed by atoms with Crippen LogP contribution in [0.5, 0.6) is 5.88 Å². The number of nitrogens with zero attached hydrogens (tertiary/aromatic N) is 3. The summed E-state index contributed by atoms with van der Waals surface area (Å²) in [6, 6.07) is 11.7. The smallest absolute Gasteiger partial charge is 0.422 e. The Morgan fingerprint density at radius 3 is 2.54 bits per heavy atom. The van der Waals surface area contributed by atoms with Gasteiger partial charge in [0.1, 0.15) is 10.7 Å². The Hall–Kier alpha value is -3.07. The summed E-state index contributed by atoms with van der Waals surface area (Å²) in [5.41, 5.74) is 1.57. The number of halogens is 4. The maximum Gasteiger partial charge on any atom is 0.422 e. The number of rotatable bonds is 5. The van der Waals surface area contributed by atoms with Crippen LogP contribution in [0.4, 0.5) is 18.9 Å². The van der Waals surface area contributed by atoms with E-state index in [9.17, 15) is 18.0 Å². The molecule has 0 saturated heterocycles. The summed E-state index contributed by atoms with van der Waals surface area (Å²) < 4.78 is 42.4. The molecule has 0 radical (unpaired) electrons. The lowest BCUT2D eigenvalue weighted by atomic mass is 10.2. The molecule has 1 aromatic carbocycles. The zero-order valence-corrected chi connectivity index (χ0v) is 15.3. The van der Waals surface area contributed by atoms with E-state index in [4.69, 9.17) is 11.6 Å². The quantitative estimate of drug-likeness (QED) is 0.676. The number of pyridine rings is 1. The summed E-state index contributed by atoms with van der Waals surface area (Å²) in [5.74, 6) is -0.725. The van der Waals surface area contributed by atoms with Gasteiger partial charge in [-0.25, -0.2) is 9.67 Å². The van der Waals surface area contributed by atoms with Gasteiger partial charge < -0.3 is 10.1 Å². The third-order valence-corrected chi connectivity index (χ3v) is 3.96. The van der Waals surface area contributed by atoms with Crippen molar-refractivity contribution in [2.75, 3.05) is 11.9 Å². The summed E-state index contributed by atoms with van der Waals surface area (Å²) in [6.07, 6.45) is -3.27. The molecular formula is C18H14ClF3N4O2. The fourth-order valence-corrected chi connectivity index (χ4v) is 2.74. The van der Waals surface area contributed by atoms with E-state index in [0.717, 1.165) is 0 Å². The number of carbonyl (C=O) groups excluding carboxylic acids is 1. The van der Waals surface area contributed by atoms with Crippen LogP contribution in [0.1, 0.15) is 16.1 Å². The molecule has 0 aliphatic rings. The number of benzene rings is 1. The van der Waals surface area contributed by atoms with Gasteiger partial charge >= 0.3 is 6.18 Å². The molecule has 0 bridgehead atoms. The van der Waals surface area contributed by atoms with Crippen LogP contribution in [0.2, 0.25) is 5.15 Å². The highest BCUT2D eigenvalue weighted by Crippen LogP contribution is 2.25. The first-order valence-corrected chi connectivity index (χ1v) is 8.40. The zero-order valence-electron chi connectivity index (χ0n) is 14.5. The first kappa shape index (κ1) is 19.7. The van der Waals surface area contributed by atoms with E-state index >= 15 is 0 Å². The lowest BCUT2D eigenvalue weighted by Gasteiger charge is -2.09. The number of aromatic nitrogens is 3. The van der Waals surface area contributed by atoms with Crippen molar-refractivity contribution in [1.29, 1.82) is 0 Å². The molecule has 28 heavy (non-hydrogen) atoms.